The van der Waals surface area contributed by atoms with E-state index in [0.29, 0.717) is 53.0 Å². The van der Waals surface area contributed by atoms with E-state index in [4.69, 9.17) is 18.6 Å². The fourth-order valence-corrected chi connectivity index (χ4v) is 14.3. The van der Waals surface area contributed by atoms with Crippen LogP contribution in [0, 0.1) is 5.41 Å². The van der Waals surface area contributed by atoms with Gasteiger partial charge in [-0.2, -0.15) is 13.2 Å². The number of amides is 1. The number of aromatic nitrogens is 2. The number of nitrogens with one attached hydrogen (secondary N) is 1. The molecule has 0 bridgehead atoms. The maximum absolute atomic E-state index is 14.9. The van der Waals surface area contributed by atoms with Gasteiger partial charge >= 0.3 is 18.2 Å². The third-order valence-electron chi connectivity index (χ3n) is 12.9. The highest BCUT2D eigenvalue weighted by Gasteiger charge is 2.51. The van der Waals surface area contributed by atoms with Gasteiger partial charge in [-0.3, -0.25) is 4.98 Å². The monoisotopic (exact) mass is 964 g/mol. The van der Waals surface area contributed by atoms with Gasteiger partial charge in [0.2, 0.25) is 0 Å². The van der Waals surface area contributed by atoms with Crippen LogP contribution in [0.1, 0.15) is 70.9 Å². The number of aliphatic carboxylic acids is 1. The highest BCUT2D eigenvalue weighted by atomic mass is 28.4. The van der Waals surface area contributed by atoms with E-state index >= 15 is 0 Å². The van der Waals surface area contributed by atoms with Gasteiger partial charge in [-0.1, -0.05) is 126 Å². The van der Waals surface area contributed by atoms with Crippen LogP contribution in [0.5, 0.6) is 0 Å². The molecule has 11 nitrogen and oxygen atoms in total. The molecule has 1 aliphatic rings. The number of hydrogen-bond acceptors (Lipinski definition) is 8. The van der Waals surface area contributed by atoms with Crippen LogP contribution in [-0.2, 0) is 43.0 Å². The number of carboxylic acid groups (broad SMARTS) is 1. The predicted octanol–water partition coefficient (Wildman–Crippen LogP) is 10.1. The third-order valence-corrected chi connectivity index (χ3v) is 17.9. The van der Waals surface area contributed by atoms with Gasteiger partial charge in [-0.05, 0) is 75.6 Å². The third kappa shape index (κ3) is 11.9. The van der Waals surface area contributed by atoms with Crippen LogP contribution in [0.15, 0.2) is 128 Å². The lowest BCUT2D eigenvalue weighted by molar-refractivity contribution is -0.141. The molecule has 4 aromatic carbocycles. The maximum Gasteiger partial charge on any atom is 0.408 e. The molecule has 0 radical (unpaired) electrons. The molecular weight excluding hydrogens is 902 g/mol. The fraction of sp³-hybridized carbons (Fsp3) is 0.389. The number of ether oxygens (including phenoxy) is 3. The first-order valence-corrected chi connectivity index (χ1v) is 25.2. The molecule has 1 saturated heterocycles. The second-order valence-corrected chi connectivity index (χ2v) is 23.9. The number of rotatable bonds is 18. The van der Waals surface area contributed by atoms with Gasteiger partial charge in [0, 0.05) is 61.6 Å². The molecule has 1 unspecified atom stereocenters. The number of morpholine rings is 1. The number of carbonyl (C=O) groups is 2. The zero-order chi connectivity index (χ0) is 49.6. The molecule has 7 rings (SSSR count). The van der Waals surface area contributed by atoms with E-state index < -0.39 is 56.8 Å². The lowest BCUT2D eigenvalue weighted by Crippen LogP contribution is -2.67. The number of benzene rings is 4. The standard InChI is InChI=1S/C54H63F3N4O7Si/c1-37(65-7)48-43(24-17-27-58-48)49-45(32-53(5,6)36-68-69(52(2,3)4,41-20-13-9-14-21-41)42-22-15-10-16-23-42)44-30-39(25-26-47(44)61(49)35-54(55,56)57)60-28-29-66-40(33-60)31-46(50(62)63)59-51(64)67-34-38-18-11-8-12-19-38/h8-27,30,37,40,46H,28-29,31-36H2,1-7H3,(H,59,64)(H,62,63)/t37-,40-,46?/m0/s1. The van der Waals surface area contributed by atoms with Crippen LogP contribution in [0.3, 0.4) is 0 Å². The summed E-state index contributed by atoms with van der Waals surface area (Å²) in [7, 11) is -1.46. The molecule has 1 aliphatic heterocycles. The van der Waals surface area contributed by atoms with Crippen LogP contribution in [0.2, 0.25) is 5.04 Å². The summed E-state index contributed by atoms with van der Waals surface area (Å²) < 4.78 is 70.7. The van der Waals surface area contributed by atoms with Crippen LogP contribution >= 0.6 is 0 Å². The van der Waals surface area contributed by atoms with E-state index in [9.17, 15) is 27.9 Å². The van der Waals surface area contributed by atoms with Gasteiger partial charge in [-0.25, -0.2) is 9.59 Å². The van der Waals surface area contributed by atoms with E-state index in [-0.39, 0.29) is 31.2 Å². The molecular formula is C54H63F3N4O7Si. The number of carbonyl (C=O) groups excluding carboxylic acids is 1. The molecule has 0 saturated carbocycles. The minimum Gasteiger partial charge on any atom is -0.480 e. The average Bonchev–Trinajstić information content (AvgIpc) is 3.60. The van der Waals surface area contributed by atoms with Crippen molar-refractivity contribution in [2.45, 2.75) is 97.0 Å². The SMILES string of the molecule is CO[C@@H](C)c1ncccc1-c1c(CC(C)(C)CO[Si](c2ccccc2)(c2ccccc2)C(C)(C)C)c2cc(N3CCO[C@@H](CC(NC(=O)OCc4ccccc4)C(=O)O)C3)ccc2n1CC(F)(F)F. The van der Waals surface area contributed by atoms with Crippen molar-refractivity contribution >= 4 is 47.3 Å². The lowest BCUT2D eigenvalue weighted by Gasteiger charge is -2.44. The Morgan fingerprint density at radius 1 is 0.899 bits per heavy atom. The van der Waals surface area contributed by atoms with Gasteiger partial charge in [-0.15, -0.1) is 0 Å². The number of carboxylic acids is 1. The predicted molar refractivity (Wildman–Crippen MR) is 265 cm³/mol. The molecule has 1 amide bonds. The lowest BCUT2D eigenvalue weighted by atomic mass is 9.84. The van der Waals surface area contributed by atoms with Gasteiger partial charge < -0.3 is 38.5 Å². The Bertz CT molecular complexity index is 2640. The van der Waals surface area contributed by atoms with Gasteiger partial charge in [0.15, 0.2) is 0 Å². The zero-order valence-electron chi connectivity index (χ0n) is 40.4. The highest BCUT2D eigenvalue weighted by Crippen LogP contribution is 2.44. The smallest absolute Gasteiger partial charge is 0.408 e. The van der Waals surface area contributed by atoms with E-state index in [1.54, 1.807) is 43.6 Å². The Morgan fingerprint density at radius 3 is 2.13 bits per heavy atom. The topological polar surface area (TPSA) is 124 Å². The molecule has 366 valence electrons. The van der Waals surface area contributed by atoms with Crippen LogP contribution < -0.4 is 20.6 Å². The first-order chi connectivity index (χ1) is 32.8. The molecule has 2 N–H and O–H groups in total. The quantitative estimate of drug-likeness (QED) is 0.0811. The number of fused-ring (bicyclic) bond motifs is 1. The summed E-state index contributed by atoms with van der Waals surface area (Å²) in [5.41, 5.74) is 3.41. The summed E-state index contributed by atoms with van der Waals surface area (Å²) in [5, 5.41) is 15.2. The first kappa shape index (κ1) is 50.9. The van der Waals surface area contributed by atoms with E-state index in [1.807, 2.05) is 78.6 Å². The number of methoxy groups -OCH3 is 1. The Labute approximate surface area is 403 Å². The zero-order valence-corrected chi connectivity index (χ0v) is 41.4. The van der Waals surface area contributed by atoms with Crippen molar-refractivity contribution in [3.63, 3.8) is 0 Å². The summed E-state index contributed by atoms with van der Waals surface area (Å²) in [6.45, 7) is 12.7. The van der Waals surface area contributed by atoms with Crippen LogP contribution in [-0.4, -0.2) is 86.8 Å². The number of alkyl carbamates (subject to hydrolysis) is 1. The number of alkyl halides is 3. The number of nitrogens with zero attached hydrogens (tertiary/aromatic N) is 3. The maximum atomic E-state index is 14.9. The van der Waals surface area contributed by atoms with Crippen molar-refractivity contribution < 1.29 is 46.5 Å². The molecule has 1 fully saturated rings. The average molecular weight is 965 g/mol. The molecule has 3 atom stereocenters. The number of anilines is 1. The summed E-state index contributed by atoms with van der Waals surface area (Å²) >= 11 is 0. The van der Waals surface area contributed by atoms with Crippen molar-refractivity contribution in [1.29, 1.82) is 0 Å². The van der Waals surface area contributed by atoms with Gasteiger partial charge in [0.25, 0.3) is 8.32 Å². The first-order valence-electron chi connectivity index (χ1n) is 23.3. The number of pyridine rings is 1. The molecule has 0 spiro atoms. The molecule has 2 aromatic heterocycles. The van der Waals surface area contributed by atoms with E-state index in [2.05, 4.69) is 69.2 Å². The molecule has 0 aliphatic carbocycles. The summed E-state index contributed by atoms with van der Waals surface area (Å²) in [4.78, 5) is 31.9. The fourth-order valence-electron chi connectivity index (χ4n) is 9.58. The number of hydrogen-bond donors (Lipinski definition) is 2. The molecule has 15 heteroatoms. The summed E-state index contributed by atoms with van der Waals surface area (Å²) in [5.74, 6) is -1.24. The van der Waals surface area contributed by atoms with Crippen molar-refractivity contribution in [3.05, 3.63) is 144 Å². The Kier molecular flexibility index (Phi) is 15.7. The van der Waals surface area contributed by atoms with Crippen LogP contribution in [0.25, 0.3) is 22.2 Å². The molecule has 3 heterocycles. The minimum absolute atomic E-state index is 0.0257. The highest BCUT2D eigenvalue weighted by molar-refractivity contribution is 6.99. The minimum atomic E-state index is -4.58. The number of halogens is 3. The van der Waals surface area contributed by atoms with Gasteiger partial charge in [0.05, 0.1) is 30.2 Å². The Hall–Kier alpha value is -6.00. The van der Waals surface area contributed by atoms with Crippen molar-refractivity contribution in [1.82, 2.24) is 14.9 Å². The van der Waals surface area contributed by atoms with E-state index in [0.717, 1.165) is 21.6 Å². The van der Waals surface area contributed by atoms with Crippen LogP contribution in [0.4, 0.5) is 23.7 Å². The Morgan fingerprint density at radius 2 is 1.54 bits per heavy atom. The van der Waals surface area contributed by atoms with Gasteiger partial charge in [0.1, 0.15) is 19.2 Å². The van der Waals surface area contributed by atoms with Crippen molar-refractivity contribution in [2.24, 2.45) is 5.41 Å². The largest absolute Gasteiger partial charge is 0.480 e. The van der Waals surface area contributed by atoms with E-state index in [1.165, 1.54) is 4.57 Å². The molecule has 69 heavy (non-hydrogen) atoms. The second-order valence-electron chi connectivity index (χ2n) is 19.6. The summed E-state index contributed by atoms with van der Waals surface area (Å²) in [6.07, 6.45) is -4.68. The van der Waals surface area contributed by atoms with Crippen molar-refractivity contribution in [2.75, 3.05) is 38.3 Å². The Balaban J connectivity index is 1.28. The molecule has 6 aromatic rings. The normalized spacial score (nSPS) is 15.7. The summed E-state index contributed by atoms with van der Waals surface area (Å²) in [6, 6.07) is 37.5. The van der Waals surface area contributed by atoms with Crippen molar-refractivity contribution in [3.8, 4) is 11.3 Å². The second kappa shape index (κ2) is 21.3.